The third-order valence-electron chi connectivity index (χ3n) is 2.09. The van der Waals surface area contributed by atoms with E-state index in [1.165, 1.54) is 0 Å². The van der Waals surface area contributed by atoms with Gasteiger partial charge in [0.25, 0.3) is 0 Å². The second-order valence-corrected chi connectivity index (χ2v) is 3.50. The molecule has 1 unspecified atom stereocenters. The zero-order chi connectivity index (χ0) is 10.8. The Balaban J connectivity index is 2.46. The van der Waals surface area contributed by atoms with Gasteiger partial charge in [-0.15, -0.1) is 6.42 Å². The fraction of sp³-hybridized carbons (Fsp3) is 0.273. The van der Waals surface area contributed by atoms with Crippen LogP contribution in [0.3, 0.4) is 0 Å². The van der Waals surface area contributed by atoms with Gasteiger partial charge in [0.1, 0.15) is 19.3 Å². The van der Waals surface area contributed by atoms with Gasteiger partial charge in [-0.25, -0.2) is 0 Å². The number of terminal acetylenes is 1. The molecule has 0 spiro atoms. The van der Waals surface area contributed by atoms with Gasteiger partial charge in [-0.1, -0.05) is 17.5 Å². The molecule has 0 bridgehead atoms. The highest BCUT2D eigenvalue weighted by molar-refractivity contribution is 6.32. The predicted molar refractivity (Wildman–Crippen MR) is 56.2 cm³/mol. The van der Waals surface area contributed by atoms with Crippen LogP contribution in [0, 0.1) is 12.3 Å². The summed E-state index contributed by atoms with van der Waals surface area (Å²) in [6.45, 7) is 0.947. The first-order valence-corrected chi connectivity index (χ1v) is 4.83. The number of hydrogen-bond donors (Lipinski definition) is 1. The molecule has 3 nitrogen and oxygen atoms in total. The molecule has 78 valence electrons. The summed E-state index contributed by atoms with van der Waals surface area (Å²) in [4.78, 5) is 0. The number of ether oxygens (including phenoxy) is 2. The Kier molecular flexibility index (Phi) is 2.72. The maximum atomic E-state index is 9.46. The third kappa shape index (κ3) is 1.87. The minimum absolute atomic E-state index is 0.400. The van der Waals surface area contributed by atoms with Crippen molar-refractivity contribution in [1.82, 2.24) is 0 Å². The van der Waals surface area contributed by atoms with Crippen LogP contribution in [0.15, 0.2) is 12.1 Å². The van der Waals surface area contributed by atoms with Crippen LogP contribution in [0.1, 0.15) is 11.7 Å². The summed E-state index contributed by atoms with van der Waals surface area (Å²) >= 11 is 5.96. The Bertz CT molecular complexity index is 423. The summed E-state index contributed by atoms with van der Waals surface area (Å²) in [5.41, 5.74) is 0.534. The zero-order valence-electron chi connectivity index (χ0n) is 7.87. The van der Waals surface area contributed by atoms with Crippen LogP contribution in [-0.2, 0) is 0 Å². The Morgan fingerprint density at radius 2 is 2.13 bits per heavy atom. The van der Waals surface area contributed by atoms with Crippen molar-refractivity contribution in [3.05, 3.63) is 22.7 Å². The topological polar surface area (TPSA) is 38.7 Å². The maximum absolute atomic E-state index is 9.46. The number of fused-ring (bicyclic) bond motifs is 1. The number of aliphatic hydroxyl groups is 1. The Morgan fingerprint density at radius 1 is 1.40 bits per heavy atom. The SMILES string of the molecule is C#CC(O)c1cc(Cl)c2c(c1)OCCO2. The number of benzene rings is 1. The monoisotopic (exact) mass is 224 g/mol. The van der Waals surface area contributed by atoms with Gasteiger partial charge in [-0.2, -0.15) is 0 Å². The van der Waals surface area contributed by atoms with E-state index in [0.29, 0.717) is 35.3 Å². The van der Waals surface area contributed by atoms with Gasteiger partial charge in [0, 0.05) is 0 Å². The van der Waals surface area contributed by atoms with Crippen molar-refractivity contribution in [2.45, 2.75) is 6.10 Å². The Morgan fingerprint density at radius 3 is 2.87 bits per heavy atom. The lowest BCUT2D eigenvalue weighted by Crippen LogP contribution is -2.16. The first-order chi connectivity index (χ1) is 7.22. The fourth-order valence-corrected chi connectivity index (χ4v) is 1.66. The molecule has 4 heteroatoms. The normalized spacial score (nSPS) is 15.5. The fourth-order valence-electron chi connectivity index (χ4n) is 1.38. The van der Waals surface area contributed by atoms with Crippen LogP contribution in [0.5, 0.6) is 11.5 Å². The molecule has 0 saturated carbocycles. The molecule has 0 amide bonds. The number of aliphatic hydroxyl groups excluding tert-OH is 1. The molecule has 0 aliphatic carbocycles. The largest absolute Gasteiger partial charge is 0.486 e. The smallest absolute Gasteiger partial charge is 0.179 e. The van der Waals surface area contributed by atoms with E-state index in [9.17, 15) is 5.11 Å². The van der Waals surface area contributed by atoms with Crippen LogP contribution < -0.4 is 9.47 Å². The third-order valence-corrected chi connectivity index (χ3v) is 2.37. The van der Waals surface area contributed by atoms with E-state index in [2.05, 4.69) is 5.92 Å². The molecular weight excluding hydrogens is 216 g/mol. The van der Waals surface area contributed by atoms with Crippen LogP contribution in [0.4, 0.5) is 0 Å². The van der Waals surface area contributed by atoms with Crippen LogP contribution >= 0.6 is 11.6 Å². The van der Waals surface area contributed by atoms with Crippen LogP contribution in [0.25, 0.3) is 0 Å². The average Bonchev–Trinajstić information content (AvgIpc) is 2.28. The molecule has 15 heavy (non-hydrogen) atoms. The second kappa shape index (κ2) is 4.01. The molecule has 0 aromatic heterocycles. The first-order valence-electron chi connectivity index (χ1n) is 4.45. The molecule has 1 atom stereocenters. The Hall–Kier alpha value is -1.37. The lowest BCUT2D eigenvalue weighted by atomic mass is 10.1. The first kappa shape index (κ1) is 10.2. The quantitative estimate of drug-likeness (QED) is 0.739. The van der Waals surface area contributed by atoms with Gasteiger partial charge in [0.05, 0.1) is 5.02 Å². The van der Waals surface area contributed by atoms with Crippen molar-refractivity contribution >= 4 is 11.6 Å². The molecule has 1 aromatic carbocycles. The number of halogens is 1. The zero-order valence-corrected chi connectivity index (χ0v) is 8.62. The highest BCUT2D eigenvalue weighted by Crippen LogP contribution is 2.39. The van der Waals surface area contributed by atoms with Gasteiger partial charge < -0.3 is 14.6 Å². The molecule has 2 rings (SSSR count). The molecule has 1 N–H and O–H groups in total. The molecule has 0 fully saturated rings. The highest BCUT2D eigenvalue weighted by Gasteiger charge is 2.18. The van der Waals surface area contributed by atoms with E-state index in [4.69, 9.17) is 27.5 Å². The van der Waals surface area contributed by atoms with E-state index < -0.39 is 6.10 Å². The standard InChI is InChI=1S/C11H9ClO3/c1-2-9(13)7-5-8(12)11-10(6-7)14-3-4-15-11/h1,5-6,9,13H,3-4H2. The van der Waals surface area contributed by atoms with Gasteiger partial charge in [0.2, 0.25) is 0 Å². The summed E-state index contributed by atoms with van der Waals surface area (Å²) in [6.07, 6.45) is 4.14. The molecule has 1 heterocycles. The lowest BCUT2D eigenvalue weighted by Gasteiger charge is -2.20. The summed E-state index contributed by atoms with van der Waals surface area (Å²) in [5, 5.41) is 9.86. The van der Waals surface area contributed by atoms with Gasteiger partial charge in [-0.3, -0.25) is 0 Å². The van der Waals surface area contributed by atoms with Crippen molar-refractivity contribution in [3.8, 4) is 23.8 Å². The molecule has 0 saturated heterocycles. The highest BCUT2D eigenvalue weighted by atomic mass is 35.5. The van der Waals surface area contributed by atoms with Crippen LogP contribution in [0.2, 0.25) is 5.02 Å². The summed E-state index contributed by atoms with van der Waals surface area (Å²) < 4.78 is 10.7. The van der Waals surface area contributed by atoms with Crippen molar-refractivity contribution in [3.63, 3.8) is 0 Å². The Labute approximate surface area is 92.6 Å². The lowest BCUT2D eigenvalue weighted by molar-refractivity contribution is 0.170. The van der Waals surface area contributed by atoms with E-state index in [0.717, 1.165) is 0 Å². The maximum Gasteiger partial charge on any atom is 0.179 e. The number of hydrogen-bond acceptors (Lipinski definition) is 3. The van der Waals surface area contributed by atoms with Crippen LogP contribution in [-0.4, -0.2) is 18.3 Å². The van der Waals surface area contributed by atoms with Gasteiger partial charge in [-0.05, 0) is 17.7 Å². The summed E-state index contributed by atoms with van der Waals surface area (Å²) in [7, 11) is 0. The van der Waals surface area contributed by atoms with Crippen molar-refractivity contribution < 1.29 is 14.6 Å². The van der Waals surface area contributed by atoms with E-state index >= 15 is 0 Å². The molecular formula is C11H9ClO3. The van der Waals surface area contributed by atoms with Crippen molar-refractivity contribution in [2.24, 2.45) is 0 Å². The van der Waals surface area contributed by atoms with Crippen molar-refractivity contribution in [1.29, 1.82) is 0 Å². The number of rotatable bonds is 1. The molecule has 1 aromatic rings. The second-order valence-electron chi connectivity index (χ2n) is 3.10. The summed E-state index contributed by atoms with van der Waals surface area (Å²) in [5.74, 6) is 3.25. The van der Waals surface area contributed by atoms with E-state index in [1.54, 1.807) is 12.1 Å². The van der Waals surface area contributed by atoms with E-state index in [1.807, 2.05) is 0 Å². The molecule has 1 aliphatic rings. The summed E-state index contributed by atoms with van der Waals surface area (Å²) in [6, 6.07) is 3.23. The van der Waals surface area contributed by atoms with E-state index in [-0.39, 0.29) is 0 Å². The minimum atomic E-state index is -0.974. The molecule has 1 aliphatic heterocycles. The average molecular weight is 225 g/mol. The van der Waals surface area contributed by atoms with Gasteiger partial charge >= 0.3 is 0 Å². The molecule has 0 radical (unpaired) electrons. The van der Waals surface area contributed by atoms with Gasteiger partial charge in [0.15, 0.2) is 11.5 Å². The predicted octanol–water partition coefficient (Wildman–Crippen LogP) is 1.78. The minimum Gasteiger partial charge on any atom is -0.486 e. The van der Waals surface area contributed by atoms with Crippen molar-refractivity contribution in [2.75, 3.05) is 13.2 Å².